The standard InChI is InChI=1S/C21H28FN3O3/c1-12(2)24-7-5-13(6-8-24)15-9-14(22)10-16-17(15)11-25(21(16)28)18-3-4-19(26)23-20(18)27/h9-10,12-13,18,21,28H,3-8,11H2,1-2H3,(H,23,26,27). The number of piperidine rings is 2. The van der Waals surface area contributed by atoms with Crippen molar-refractivity contribution in [3.8, 4) is 0 Å². The fourth-order valence-corrected chi connectivity index (χ4v) is 4.91. The van der Waals surface area contributed by atoms with Crippen LogP contribution in [0.5, 0.6) is 0 Å². The molecule has 1 aromatic carbocycles. The molecule has 2 unspecified atom stereocenters. The lowest BCUT2D eigenvalue weighted by Crippen LogP contribution is -2.51. The molecule has 2 N–H and O–H groups in total. The minimum Gasteiger partial charge on any atom is -0.374 e. The van der Waals surface area contributed by atoms with Gasteiger partial charge in [-0.2, -0.15) is 0 Å². The lowest BCUT2D eigenvalue weighted by molar-refractivity contribution is -0.141. The molecule has 7 heteroatoms. The highest BCUT2D eigenvalue weighted by atomic mass is 19.1. The monoisotopic (exact) mass is 389 g/mol. The molecule has 6 nitrogen and oxygen atoms in total. The molecule has 4 rings (SSSR count). The average molecular weight is 389 g/mol. The van der Waals surface area contributed by atoms with Gasteiger partial charge in [0.05, 0.1) is 6.04 Å². The fourth-order valence-electron chi connectivity index (χ4n) is 4.91. The zero-order valence-corrected chi connectivity index (χ0v) is 16.4. The van der Waals surface area contributed by atoms with Gasteiger partial charge >= 0.3 is 0 Å². The van der Waals surface area contributed by atoms with Crippen molar-refractivity contribution in [3.63, 3.8) is 0 Å². The fraction of sp³-hybridized carbons (Fsp3) is 0.619. The minimum atomic E-state index is -1.02. The van der Waals surface area contributed by atoms with Crippen molar-refractivity contribution in [3.05, 3.63) is 34.6 Å². The van der Waals surface area contributed by atoms with Crippen LogP contribution in [-0.2, 0) is 16.1 Å². The maximum absolute atomic E-state index is 14.4. The molecule has 0 aromatic heterocycles. The van der Waals surface area contributed by atoms with Crippen molar-refractivity contribution in [2.45, 2.75) is 70.3 Å². The quantitative estimate of drug-likeness (QED) is 0.774. The van der Waals surface area contributed by atoms with E-state index in [2.05, 4.69) is 24.1 Å². The molecule has 0 saturated carbocycles. The third-order valence-corrected chi connectivity index (χ3v) is 6.53. The van der Waals surface area contributed by atoms with Gasteiger partial charge < -0.3 is 10.0 Å². The predicted octanol–water partition coefficient (Wildman–Crippen LogP) is 2.03. The van der Waals surface area contributed by atoms with Gasteiger partial charge in [0.1, 0.15) is 12.0 Å². The summed E-state index contributed by atoms with van der Waals surface area (Å²) >= 11 is 0. The second kappa shape index (κ2) is 7.54. The first-order chi connectivity index (χ1) is 13.3. The Bertz CT molecular complexity index is 789. The summed E-state index contributed by atoms with van der Waals surface area (Å²) < 4.78 is 14.4. The number of amides is 2. The van der Waals surface area contributed by atoms with Gasteiger partial charge in [0.15, 0.2) is 0 Å². The predicted molar refractivity (Wildman–Crippen MR) is 102 cm³/mol. The van der Waals surface area contributed by atoms with E-state index in [-0.39, 0.29) is 30.0 Å². The topological polar surface area (TPSA) is 72.9 Å². The smallest absolute Gasteiger partial charge is 0.244 e. The first-order valence-corrected chi connectivity index (χ1v) is 10.2. The molecular weight excluding hydrogens is 361 g/mol. The van der Waals surface area contributed by atoms with Crippen LogP contribution in [0.3, 0.4) is 0 Å². The molecule has 0 spiro atoms. The summed E-state index contributed by atoms with van der Waals surface area (Å²) in [5.74, 6) is -0.746. The van der Waals surface area contributed by atoms with Crippen LogP contribution in [0.15, 0.2) is 12.1 Å². The van der Waals surface area contributed by atoms with Crippen LogP contribution < -0.4 is 5.32 Å². The third-order valence-electron chi connectivity index (χ3n) is 6.53. The normalized spacial score (nSPS) is 27.3. The number of fused-ring (bicyclic) bond motifs is 1. The molecule has 2 atom stereocenters. The average Bonchev–Trinajstić information content (AvgIpc) is 2.98. The van der Waals surface area contributed by atoms with E-state index in [4.69, 9.17) is 0 Å². The second-order valence-electron chi connectivity index (χ2n) is 8.48. The van der Waals surface area contributed by atoms with Gasteiger partial charge in [0.25, 0.3) is 0 Å². The van der Waals surface area contributed by atoms with Crippen LogP contribution in [0.4, 0.5) is 4.39 Å². The highest BCUT2D eigenvalue weighted by Crippen LogP contribution is 2.41. The molecule has 3 aliphatic rings. The van der Waals surface area contributed by atoms with E-state index in [1.807, 2.05) is 0 Å². The van der Waals surface area contributed by atoms with E-state index in [1.54, 1.807) is 11.0 Å². The number of hydrogen-bond acceptors (Lipinski definition) is 5. The SMILES string of the molecule is CC(C)N1CCC(c2cc(F)cc3c2CN(C2CCC(=O)NC2=O)C3O)CC1. The zero-order chi connectivity index (χ0) is 20.0. The molecule has 2 amide bonds. The van der Waals surface area contributed by atoms with E-state index in [1.165, 1.54) is 6.07 Å². The van der Waals surface area contributed by atoms with Gasteiger partial charge in [-0.1, -0.05) is 0 Å². The maximum Gasteiger partial charge on any atom is 0.244 e. The summed E-state index contributed by atoms with van der Waals surface area (Å²) in [7, 11) is 0. The van der Waals surface area contributed by atoms with Gasteiger partial charge in [-0.15, -0.1) is 0 Å². The molecule has 2 saturated heterocycles. The third kappa shape index (κ3) is 3.47. The summed E-state index contributed by atoms with van der Waals surface area (Å²) in [6.45, 7) is 6.74. The number of benzene rings is 1. The summed E-state index contributed by atoms with van der Waals surface area (Å²) in [6, 6.07) is 2.93. The Hall–Kier alpha value is -1.83. The molecular formula is C21H28FN3O3. The number of imide groups is 1. The molecule has 0 bridgehead atoms. The zero-order valence-electron chi connectivity index (χ0n) is 16.4. The molecule has 1 aromatic rings. The van der Waals surface area contributed by atoms with Gasteiger partial charge in [0.2, 0.25) is 11.8 Å². The Labute approximate surface area is 164 Å². The Morgan fingerprint density at radius 2 is 1.82 bits per heavy atom. The summed E-state index contributed by atoms with van der Waals surface area (Å²) in [6.07, 6.45) is 1.53. The highest BCUT2D eigenvalue weighted by Gasteiger charge is 2.41. The van der Waals surface area contributed by atoms with Gasteiger partial charge in [-0.3, -0.25) is 19.8 Å². The van der Waals surface area contributed by atoms with E-state index in [0.29, 0.717) is 24.6 Å². The lowest BCUT2D eigenvalue weighted by Gasteiger charge is -2.35. The molecule has 28 heavy (non-hydrogen) atoms. The van der Waals surface area contributed by atoms with Crippen LogP contribution in [-0.4, -0.2) is 51.9 Å². The van der Waals surface area contributed by atoms with Crippen molar-refractivity contribution in [1.82, 2.24) is 15.1 Å². The largest absolute Gasteiger partial charge is 0.374 e. The Kier molecular flexibility index (Phi) is 5.24. The van der Waals surface area contributed by atoms with Gasteiger partial charge in [-0.05, 0) is 75.4 Å². The molecule has 2 fully saturated rings. The number of likely N-dealkylation sites (tertiary alicyclic amines) is 1. The molecule has 3 aliphatic heterocycles. The first kappa shape index (κ1) is 19.5. The Morgan fingerprint density at radius 1 is 1.14 bits per heavy atom. The van der Waals surface area contributed by atoms with Crippen molar-refractivity contribution in [2.75, 3.05) is 13.1 Å². The molecule has 0 aliphatic carbocycles. The second-order valence-corrected chi connectivity index (χ2v) is 8.48. The number of rotatable bonds is 3. The number of aliphatic hydroxyl groups excluding tert-OH is 1. The van der Waals surface area contributed by atoms with Crippen LogP contribution in [0, 0.1) is 5.82 Å². The number of aliphatic hydroxyl groups is 1. The van der Waals surface area contributed by atoms with E-state index < -0.39 is 12.3 Å². The van der Waals surface area contributed by atoms with Gasteiger partial charge in [-0.25, -0.2) is 4.39 Å². The van der Waals surface area contributed by atoms with Crippen molar-refractivity contribution < 1.29 is 19.1 Å². The first-order valence-electron chi connectivity index (χ1n) is 10.2. The molecule has 152 valence electrons. The molecule has 3 heterocycles. The van der Waals surface area contributed by atoms with E-state index in [9.17, 15) is 19.1 Å². The van der Waals surface area contributed by atoms with Crippen LogP contribution in [0.2, 0.25) is 0 Å². The van der Waals surface area contributed by atoms with Crippen LogP contribution in [0.25, 0.3) is 0 Å². The summed E-state index contributed by atoms with van der Waals surface area (Å²) in [4.78, 5) is 27.8. The van der Waals surface area contributed by atoms with Crippen molar-refractivity contribution >= 4 is 11.8 Å². The number of carbonyl (C=O) groups excluding carboxylic acids is 2. The van der Waals surface area contributed by atoms with Crippen molar-refractivity contribution in [1.29, 1.82) is 0 Å². The summed E-state index contributed by atoms with van der Waals surface area (Å²) in [5.41, 5.74) is 2.47. The number of halogens is 1. The Morgan fingerprint density at radius 3 is 2.46 bits per heavy atom. The van der Waals surface area contributed by atoms with E-state index in [0.717, 1.165) is 37.1 Å². The number of hydrogen-bond donors (Lipinski definition) is 2. The maximum atomic E-state index is 14.4. The number of nitrogens with zero attached hydrogens (tertiary/aromatic N) is 2. The van der Waals surface area contributed by atoms with Crippen LogP contribution in [0.1, 0.15) is 68.4 Å². The van der Waals surface area contributed by atoms with Gasteiger partial charge in [0, 0.05) is 24.6 Å². The van der Waals surface area contributed by atoms with Crippen molar-refractivity contribution in [2.24, 2.45) is 0 Å². The highest BCUT2D eigenvalue weighted by molar-refractivity contribution is 6.00. The minimum absolute atomic E-state index is 0.255. The Balaban J connectivity index is 1.58. The van der Waals surface area contributed by atoms with E-state index >= 15 is 0 Å². The molecule has 0 radical (unpaired) electrons. The number of nitrogens with one attached hydrogen (secondary N) is 1. The lowest BCUT2D eigenvalue weighted by atomic mass is 9.85. The van der Waals surface area contributed by atoms with Crippen LogP contribution >= 0.6 is 0 Å². The number of carbonyl (C=O) groups is 2. The summed E-state index contributed by atoms with van der Waals surface area (Å²) in [5, 5.41) is 13.2.